The summed E-state index contributed by atoms with van der Waals surface area (Å²) in [5.41, 5.74) is 1.05. The molecule has 0 saturated carbocycles. The Kier molecular flexibility index (Phi) is 6.75. The Morgan fingerprint density at radius 3 is 1.59 bits per heavy atom. The molecule has 0 N–H and O–H groups in total. The van der Waals surface area contributed by atoms with E-state index in [-0.39, 0.29) is 29.9 Å². The molecule has 5 heteroatoms. The van der Waals surface area contributed by atoms with Gasteiger partial charge >= 0.3 is 175 Å². The van der Waals surface area contributed by atoms with Crippen LogP contribution in [0.5, 0.6) is 0 Å². The fraction of sp³-hybridized carbons (Fsp3) is 0.0909. The van der Waals surface area contributed by atoms with Crippen LogP contribution in [0, 0.1) is 6.92 Å². The molecule has 27 heavy (non-hydrogen) atoms. The summed E-state index contributed by atoms with van der Waals surface area (Å²) in [4.78, 5) is 0.870. The van der Waals surface area contributed by atoms with Crippen LogP contribution < -0.4 is 8.92 Å². The van der Waals surface area contributed by atoms with Crippen molar-refractivity contribution in [2.45, 2.75) is 18.7 Å². The van der Waals surface area contributed by atoms with E-state index in [1.165, 1.54) is 8.92 Å². The van der Waals surface area contributed by atoms with Crippen molar-refractivity contribution < 1.29 is 8.42 Å². The minimum atomic E-state index is -3.48. The van der Waals surface area contributed by atoms with E-state index in [4.69, 9.17) is 0 Å². The number of hydrogen-bond donors (Lipinski definition) is 0. The maximum atomic E-state index is 13.2. The Balaban J connectivity index is 2.04. The van der Waals surface area contributed by atoms with Crippen LogP contribution in [0.25, 0.3) is 0 Å². The van der Waals surface area contributed by atoms with Crippen molar-refractivity contribution in [2.24, 2.45) is 0 Å². The number of aryl methyl sites for hydroxylation is 1. The topological polar surface area (TPSA) is 34.1 Å². The van der Waals surface area contributed by atoms with Gasteiger partial charge in [0.1, 0.15) is 0 Å². The molecule has 2 nitrogen and oxygen atoms in total. The zero-order chi connectivity index (χ0) is 19.3. The molecule has 3 aromatic rings. The second-order valence-electron chi connectivity index (χ2n) is 5.99. The average Bonchev–Trinajstić information content (AvgIpc) is 2.69. The van der Waals surface area contributed by atoms with Crippen molar-refractivity contribution in [1.29, 1.82) is 0 Å². The fourth-order valence-corrected chi connectivity index (χ4v) is 10.6. The molecule has 0 aromatic heterocycles. The zero-order valence-electron chi connectivity index (χ0n) is 15.1. The standard InChI is InChI=1S/C22H20O2SSe2/c1-17-13-15-19(16-14-17)25(23,24)18(2)22(26-20-9-5-3-6-10-20)27-21-11-7-4-8-12-21/h3-16H,1-2H3. The molecular formula is C22H20O2SSe2. The Labute approximate surface area is 174 Å². The van der Waals surface area contributed by atoms with Crippen LogP contribution in [0.4, 0.5) is 0 Å². The minimum absolute atomic E-state index is 0.0288. The van der Waals surface area contributed by atoms with Crippen LogP contribution in [0.15, 0.2) is 98.1 Å². The van der Waals surface area contributed by atoms with E-state index in [1.54, 1.807) is 19.1 Å². The first kappa shape index (κ1) is 20.1. The molecule has 0 bridgehead atoms. The quantitative estimate of drug-likeness (QED) is 0.482. The third-order valence-corrected chi connectivity index (χ3v) is 12.4. The van der Waals surface area contributed by atoms with Gasteiger partial charge in [0.15, 0.2) is 0 Å². The Bertz CT molecular complexity index is 983. The number of hydrogen-bond acceptors (Lipinski definition) is 2. The van der Waals surface area contributed by atoms with Crippen molar-refractivity contribution in [3.63, 3.8) is 0 Å². The summed E-state index contributed by atoms with van der Waals surface area (Å²) in [5, 5.41) is 0. The summed E-state index contributed by atoms with van der Waals surface area (Å²) in [6, 6.07) is 27.4. The molecule has 0 unspecified atom stereocenters. The molecule has 0 amide bonds. The van der Waals surface area contributed by atoms with E-state index >= 15 is 0 Å². The zero-order valence-corrected chi connectivity index (χ0v) is 19.4. The molecule has 0 aliphatic rings. The van der Waals surface area contributed by atoms with Crippen LogP contribution in [-0.4, -0.2) is 38.3 Å². The normalized spacial score (nSPS) is 11.2. The summed E-state index contributed by atoms with van der Waals surface area (Å²) in [6.07, 6.45) is 0. The molecule has 138 valence electrons. The van der Waals surface area contributed by atoms with Gasteiger partial charge in [0, 0.05) is 0 Å². The van der Waals surface area contributed by atoms with E-state index in [1.807, 2.05) is 55.5 Å². The van der Waals surface area contributed by atoms with Gasteiger partial charge in [-0.2, -0.15) is 0 Å². The summed E-state index contributed by atoms with van der Waals surface area (Å²) < 4.78 is 29.9. The second-order valence-corrected chi connectivity index (χ2v) is 13.9. The predicted molar refractivity (Wildman–Crippen MR) is 115 cm³/mol. The first-order valence-electron chi connectivity index (χ1n) is 8.45. The SMILES string of the molecule is CC(=C([Se]c1ccccc1)[Se]c1ccccc1)S(=O)(=O)c1ccc(C)cc1. The van der Waals surface area contributed by atoms with Crippen molar-refractivity contribution in [2.75, 3.05) is 0 Å². The summed E-state index contributed by atoms with van der Waals surface area (Å²) in [6.45, 7) is 3.72. The van der Waals surface area contributed by atoms with Crippen LogP contribution in [-0.2, 0) is 9.84 Å². The van der Waals surface area contributed by atoms with Crippen LogP contribution >= 0.6 is 0 Å². The van der Waals surface area contributed by atoms with Gasteiger partial charge < -0.3 is 0 Å². The molecular weight excluding hydrogens is 486 g/mol. The summed E-state index contributed by atoms with van der Waals surface area (Å²) in [7, 11) is -3.48. The molecule has 0 saturated heterocycles. The van der Waals surface area contributed by atoms with Gasteiger partial charge in [-0.15, -0.1) is 0 Å². The Morgan fingerprint density at radius 2 is 1.15 bits per heavy atom. The molecule has 0 aliphatic heterocycles. The van der Waals surface area contributed by atoms with Crippen molar-refractivity contribution in [3.8, 4) is 0 Å². The van der Waals surface area contributed by atoms with Crippen molar-refractivity contribution >= 4 is 48.7 Å². The van der Waals surface area contributed by atoms with E-state index in [9.17, 15) is 8.42 Å². The molecule has 0 aliphatic carbocycles. The van der Waals surface area contributed by atoms with Crippen LogP contribution in [0.3, 0.4) is 0 Å². The van der Waals surface area contributed by atoms with E-state index < -0.39 is 9.84 Å². The van der Waals surface area contributed by atoms with Gasteiger partial charge in [-0.05, 0) is 0 Å². The fourth-order valence-electron chi connectivity index (χ4n) is 2.36. The molecule has 0 heterocycles. The number of benzene rings is 3. The molecule has 0 spiro atoms. The molecule has 3 aromatic carbocycles. The van der Waals surface area contributed by atoms with Gasteiger partial charge in [0.05, 0.1) is 0 Å². The van der Waals surface area contributed by atoms with Crippen LogP contribution in [0.1, 0.15) is 12.5 Å². The molecule has 3 rings (SSSR count). The number of allylic oxidation sites excluding steroid dienone is 1. The van der Waals surface area contributed by atoms with E-state index in [2.05, 4.69) is 24.3 Å². The third kappa shape index (κ3) is 5.22. The molecule has 0 radical (unpaired) electrons. The van der Waals surface area contributed by atoms with Gasteiger partial charge in [-0.3, -0.25) is 0 Å². The van der Waals surface area contributed by atoms with Gasteiger partial charge in [-0.1, -0.05) is 0 Å². The summed E-state index contributed by atoms with van der Waals surface area (Å²) >= 11 is -0.0576. The second kappa shape index (κ2) is 9.05. The molecule has 0 atom stereocenters. The monoisotopic (exact) mass is 508 g/mol. The van der Waals surface area contributed by atoms with Gasteiger partial charge in [0.25, 0.3) is 0 Å². The average molecular weight is 506 g/mol. The van der Waals surface area contributed by atoms with Gasteiger partial charge in [-0.25, -0.2) is 0 Å². The van der Waals surface area contributed by atoms with E-state index in [0.29, 0.717) is 9.80 Å². The van der Waals surface area contributed by atoms with E-state index in [0.717, 1.165) is 8.93 Å². The first-order valence-corrected chi connectivity index (χ1v) is 13.4. The Morgan fingerprint density at radius 1 is 0.704 bits per heavy atom. The number of sulfone groups is 1. The van der Waals surface area contributed by atoms with Crippen molar-refractivity contribution in [3.05, 3.63) is 98.8 Å². The van der Waals surface area contributed by atoms with Crippen molar-refractivity contribution in [1.82, 2.24) is 0 Å². The van der Waals surface area contributed by atoms with Crippen LogP contribution in [0.2, 0.25) is 0 Å². The predicted octanol–water partition coefficient (Wildman–Crippen LogP) is 3.02. The maximum absolute atomic E-state index is 13.2. The third-order valence-electron chi connectivity index (χ3n) is 3.93. The number of rotatable bonds is 6. The summed E-state index contributed by atoms with van der Waals surface area (Å²) in [5.74, 6) is 0. The first-order chi connectivity index (χ1) is 13.0. The Hall–Kier alpha value is -1.61. The van der Waals surface area contributed by atoms with Gasteiger partial charge in [0.2, 0.25) is 0 Å². The molecule has 0 fully saturated rings.